The van der Waals surface area contributed by atoms with Gasteiger partial charge in [-0.2, -0.15) is 0 Å². The number of aliphatic carboxylic acids is 1. The summed E-state index contributed by atoms with van der Waals surface area (Å²) in [5, 5.41) is 17.8. The van der Waals surface area contributed by atoms with E-state index in [1.165, 1.54) is 16.3 Å². The van der Waals surface area contributed by atoms with Gasteiger partial charge in [-0.25, -0.2) is 0 Å². The quantitative estimate of drug-likeness (QED) is 0.492. The molecule has 0 aliphatic rings. The van der Waals surface area contributed by atoms with Gasteiger partial charge in [-0.1, -0.05) is 42.5 Å². The first-order valence-electron chi connectivity index (χ1n) is 8.19. The van der Waals surface area contributed by atoms with Crippen LogP contribution >= 0.6 is 0 Å². The van der Waals surface area contributed by atoms with Crippen molar-refractivity contribution in [2.75, 3.05) is 22.9 Å². The maximum absolute atomic E-state index is 10.7. The Labute approximate surface area is 146 Å². The molecule has 0 fully saturated rings. The van der Waals surface area contributed by atoms with Crippen LogP contribution in [0.5, 0.6) is 0 Å². The van der Waals surface area contributed by atoms with Crippen LogP contribution in [-0.2, 0) is 11.3 Å². The van der Waals surface area contributed by atoms with E-state index >= 15 is 0 Å². The third-order valence-corrected chi connectivity index (χ3v) is 4.05. The van der Waals surface area contributed by atoms with Gasteiger partial charge in [-0.3, -0.25) is 4.79 Å². The smallest absolute Gasteiger partial charge is 0.305 e. The van der Waals surface area contributed by atoms with Gasteiger partial charge in [0, 0.05) is 18.8 Å². The zero-order valence-corrected chi connectivity index (χ0v) is 13.8. The molecular weight excluding hydrogens is 314 g/mol. The number of hydrogen-bond donors (Lipinski definition) is 4. The minimum atomic E-state index is -0.826. The Bertz CT molecular complexity index is 888. The van der Waals surface area contributed by atoms with Crippen LogP contribution in [0.1, 0.15) is 12.0 Å². The summed E-state index contributed by atoms with van der Waals surface area (Å²) in [6.07, 6.45) is 0.0626. The first kappa shape index (κ1) is 16.6. The van der Waals surface area contributed by atoms with Crippen molar-refractivity contribution in [3.8, 4) is 0 Å². The van der Waals surface area contributed by atoms with E-state index in [0.29, 0.717) is 18.8 Å². The van der Waals surface area contributed by atoms with Crippen LogP contribution in [0.3, 0.4) is 0 Å². The lowest BCUT2D eigenvalue weighted by Gasteiger charge is -2.15. The number of carbonyl (C=O) groups is 1. The molecule has 0 spiro atoms. The first-order valence-corrected chi connectivity index (χ1v) is 8.19. The summed E-state index contributed by atoms with van der Waals surface area (Å²) in [6.45, 7) is 1.01. The molecule has 0 saturated carbocycles. The lowest BCUT2D eigenvalue weighted by molar-refractivity contribution is -0.136. The molecule has 0 aromatic heterocycles. The molecule has 0 aliphatic carbocycles. The number of carboxylic acid groups (broad SMARTS) is 1. The van der Waals surface area contributed by atoms with Crippen LogP contribution in [0, 0.1) is 0 Å². The van der Waals surface area contributed by atoms with Crippen molar-refractivity contribution >= 4 is 33.8 Å². The number of hydrogen-bond acceptors (Lipinski definition) is 4. The van der Waals surface area contributed by atoms with E-state index in [4.69, 9.17) is 10.8 Å². The zero-order valence-electron chi connectivity index (χ0n) is 13.8. The van der Waals surface area contributed by atoms with E-state index in [2.05, 4.69) is 34.9 Å². The largest absolute Gasteiger partial charge is 0.481 e. The summed E-state index contributed by atoms with van der Waals surface area (Å²) < 4.78 is 0. The van der Waals surface area contributed by atoms with Gasteiger partial charge in [0.25, 0.3) is 0 Å². The molecule has 0 aliphatic heterocycles. The Balaban J connectivity index is 1.77. The van der Waals surface area contributed by atoms with Crippen LogP contribution in [-0.4, -0.2) is 17.6 Å². The van der Waals surface area contributed by atoms with Gasteiger partial charge in [0.05, 0.1) is 17.8 Å². The molecule has 0 bridgehead atoms. The number of nitrogen functional groups attached to an aromatic ring is 1. The van der Waals surface area contributed by atoms with Crippen molar-refractivity contribution in [3.63, 3.8) is 0 Å². The minimum absolute atomic E-state index is 0.0626. The summed E-state index contributed by atoms with van der Waals surface area (Å²) in [7, 11) is 0. The number of carboxylic acids is 1. The van der Waals surface area contributed by atoms with Gasteiger partial charge >= 0.3 is 5.97 Å². The third-order valence-electron chi connectivity index (χ3n) is 4.05. The minimum Gasteiger partial charge on any atom is -0.481 e. The summed E-state index contributed by atoms with van der Waals surface area (Å²) in [5.41, 5.74) is 9.45. The topological polar surface area (TPSA) is 87.4 Å². The molecule has 5 N–H and O–H groups in total. The fraction of sp³-hybridized carbons (Fsp3) is 0.150. The predicted molar refractivity (Wildman–Crippen MR) is 103 cm³/mol. The van der Waals surface area contributed by atoms with Crippen LogP contribution in [0.4, 0.5) is 17.1 Å². The number of rotatable bonds is 7. The van der Waals surface area contributed by atoms with Gasteiger partial charge in [0.2, 0.25) is 0 Å². The number of nitrogens with one attached hydrogen (secondary N) is 2. The normalized spacial score (nSPS) is 10.6. The molecule has 0 saturated heterocycles. The highest BCUT2D eigenvalue weighted by atomic mass is 16.4. The average molecular weight is 335 g/mol. The highest BCUT2D eigenvalue weighted by molar-refractivity contribution is 5.86. The van der Waals surface area contributed by atoms with Crippen molar-refractivity contribution in [2.45, 2.75) is 13.0 Å². The first-order chi connectivity index (χ1) is 12.1. The molecule has 0 heterocycles. The van der Waals surface area contributed by atoms with Crippen molar-refractivity contribution in [1.82, 2.24) is 0 Å². The van der Waals surface area contributed by atoms with Crippen LogP contribution in [0.2, 0.25) is 0 Å². The maximum Gasteiger partial charge on any atom is 0.305 e. The van der Waals surface area contributed by atoms with E-state index in [-0.39, 0.29) is 6.42 Å². The summed E-state index contributed by atoms with van der Waals surface area (Å²) in [6, 6.07) is 20.0. The van der Waals surface area contributed by atoms with Crippen molar-refractivity contribution in [3.05, 3.63) is 66.2 Å². The molecule has 0 unspecified atom stereocenters. The molecule has 25 heavy (non-hydrogen) atoms. The van der Waals surface area contributed by atoms with E-state index < -0.39 is 5.97 Å². The van der Waals surface area contributed by atoms with Gasteiger partial charge in [0.15, 0.2) is 0 Å². The Morgan fingerprint density at radius 2 is 1.76 bits per heavy atom. The summed E-state index contributed by atoms with van der Waals surface area (Å²) in [5.74, 6) is -0.826. The molecule has 3 aromatic rings. The van der Waals surface area contributed by atoms with Crippen molar-refractivity contribution in [1.29, 1.82) is 0 Å². The second-order valence-corrected chi connectivity index (χ2v) is 5.87. The predicted octanol–water partition coefficient (Wildman–Crippen LogP) is 3.92. The highest BCUT2D eigenvalue weighted by Crippen LogP contribution is 2.26. The highest BCUT2D eigenvalue weighted by Gasteiger charge is 2.06. The van der Waals surface area contributed by atoms with Crippen LogP contribution in [0.15, 0.2) is 60.7 Å². The van der Waals surface area contributed by atoms with Crippen molar-refractivity contribution in [2.24, 2.45) is 0 Å². The standard InChI is InChI=1S/C20H21N3O2/c21-16-8-9-18(22-11-10-20(24)25)19(12-16)23-13-15-6-3-5-14-4-1-2-7-17(14)15/h1-9,12,22-23H,10-11,13,21H2,(H,24,25). The maximum atomic E-state index is 10.7. The zero-order chi connectivity index (χ0) is 17.6. The van der Waals surface area contributed by atoms with E-state index in [9.17, 15) is 4.79 Å². The Kier molecular flexibility index (Phi) is 5.04. The average Bonchev–Trinajstić information content (AvgIpc) is 2.61. The fourth-order valence-corrected chi connectivity index (χ4v) is 2.80. The lowest BCUT2D eigenvalue weighted by atomic mass is 10.0. The Morgan fingerprint density at radius 1 is 0.960 bits per heavy atom. The van der Waals surface area contributed by atoms with Gasteiger partial charge in [-0.05, 0) is 34.5 Å². The van der Waals surface area contributed by atoms with Crippen LogP contribution < -0.4 is 16.4 Å². The van der Waals surface area contributed by atoms with E-state index in [1.54, 1.807) is 6.07 Å². The molecule has 0 radical (unpaired) electrons. The molecule has 5 heteroatoms. The SMILES string of the molecule is Nc1ccc(NCCC(=O)O)c(NCc2cccc3ccccc23)c1. The summed E-state index contributed by atoms with van der Waals surface area (Å²) in [4.78, 5) is 10.7. The molecule has 3 rings (SSSR count). The molecule has 128 valence electrons. The van der Waals surface area contributed by atoms with Crippen LogP contribution in [0.25, 0.3) is 10.8 Å². The van der Waals surface area contributed by atoms with E-state index in [0.717, 1.165) is 11.4 Å². The third kappa shape index (κ3) is 4.20. The second-order valence-electron chi connectivity index (χ2n) is 5.87. The molecule has 0 atom stereocenters. The number of benzene rings is 3. The number of fused-ring (bicyclic) bond motifs is 1. The van der Waals surface area contributed by atoms with Gasteiger partial charge in [0.1, 0.15) is 0 Å². The lowest BCUT2D eigenvalue weighted by Crippen LogP contribution is -2.10. The molecular formula is C20H21N3O2. The van der Waals surface area contributed by atoms with Gasteiger partial charge in [-0.15, -0.1) is 0 Å². The Morgan fingerprint density at radius 3 is 2.60 bits per heavy atom. The Hall–Kier alpha value is -3.21. The second kappa shape index (κ2) is 7.57. The number of anilines is 3. The summed E-state index contributed by atoms with van der Waals surface area (Å²) >= 11 is 0. The molecule has 3 aromatic carbocycles. The van der Waals surface area contributed by atoms with Gasteiger partial charge < -0.3 is 21.5 Å². The molecule has 5 nitrogen and oxygen atoms in total. The molecule has 0 amide bonds. The number of nitrogens with two attached hydrogens (primary N) is 1. The van der Waals surface area contributed by atoms with E-state index in [1.807, 2.05) is 30.3 Å². The monoisotopic (exact) mass is 335 g/mol. The fourth-order valence-electron chi connectivity index (χ4n) is 2.80. The van der Waals surface area contributed by atoms with Crippen molar-refractivity contribution < 1.29 is 9.90 Å².